The van der Waals surface area contributed by atoms with Crippen molar-refractivity contribution in [3.05, 3.63) is 0 Å². The van der Waals surface area contributed by atoms with Crippen molar-refractivity contribution in [3.63, 3.8) is 0 Å². The molecule has 5 nitrogen and oxygen atoms in total. The number of carbonyl (C=O) groups is 1. The van der Waals surface area contributed by atoms with Crippen LogP contribution in [0.3, 0.4) is 0 Å². The lowest BCUT2D eigenvalue weighted by Gasteiger charge is -2.43. The molecule has 3 aliphatic rings. The fourth-order valence-corrected chi connectivity index (χ4v) is 5.47. The second-order valence-electron chi connectivity index (χ2n) is 6.34. The number of ether oxygens (including phenoxy) is 2. The molecule has 2 unspecified atom stereocenters. The van der Waals surface area contributed by atoms with Gasteiger partial charge in [0.25, 0.3) is 0 Å². The van der Waals surface area contributed by atoms with E-state index >= 15 is 0 Å². The Morgan fingerprint density at radius 1 is 1.05 bits per heavy atom. The highest BCUT2D eigenvalue weighted by atomic mass is 32.2. The van der Waals surface area contributed by atoms with E-state index < -0.39 is 9.84 Å². The van der Waals surface area contributed by atoms with Gasteiger partial charge in [-0.1, -0.05) is 0 Å². The molecule has 0 aliphatic carbocycles. The van der Waals surface area contributed by atoms with E-state index in [0.717, 1.165) is 25.7 Å². The Labute approximate surface area is 119 Å². The standard InChI is InChI=1S/C14H22O5S/c15-13(12-2-8-20(16,17)10-12)11-1-5-19-14(9-11)3-6-18-7-4-14/h11-12H,1-10H2. The van der Waals surface area contributed by atoms with Crippen LogP contribution in [0.15, 0.2) is 0 Å². The Hall–Kier alpha value is -0.460. The van der Waals surface area contributed by atoms with Gasteiger partial charge in [0.2, 0.25) is 0 Å². The normalized spacial score (nSPS) is 36.0. The molecule has 20 heavy (non-hydrogen) atoms. The fraction of sp³-hybridized carbons (Fsp3) is 0.929. The largest absolute Gasteiger partial charge is 0.381 e. The second kappa shape index (κ2) is 5.39. The molecule has 1 spiro atoms. The van der Waals surface area contributed by atoms with Crippen molar-refractivity contribution in [2.45, 2.75) is 37.7 Å². The summed E-state index contributed by atoms with van der Waals surface area (Å²) in [5, 5.41) is 0. The molecule has 0 N–H and O–H groups in total. The minimum atomic E-state index is -2.98. The molecule has 0 aromatic heterocycles. The summed E-state index contributed by atoms with van der Waals surface area (Å²) in [5.74, 6) is 0.0747. The first-order valence-corrected chi connectivity index (χ1v) is 9.28. The van der Waals surface area contributed by atoms with Gasteiger partial charge in [-0.05, 0) is 32.1 Å². The van der Waals surface area contributed by atoms with Crippen LogP contribution in [0.1, 0.15) is 32.1 Å². The van der Waals surface area contributed by atoms with Crippen LogP contribution >= 0.6 is 0 Å². The first kappa shape index (κ1) is 14.5. The van der Waals surface area contributed by atoms with E-state index in [2.05, 4.69) is 0 Å². The van der Waals surface area contributed by atoms with Gasteiger partial charge in [-0.15, -0.1) is 0 Å². The zero-order chi connectivity index (χ0) is 14.2. The summed E-state index contributed by atoms with van der Waals surface area (Å²) in [6.07, 6.45) is 3.68. The van der Waals surface area contributed by atoms with Crippen molar-refractivity contribution < 1.29 is 22.7 Å². The van der Waals surface area contributed by atoms with E-state index in [1.807, 2.05) is 0 Å². The molecule has 3 aliphatic heterocycles. The summed E-state index contributed by atoms with van der Waals surface area (Å²) in [7, 11) is -2.98. The Balaban J connectivity index is 1.66. The van der Waals surface area contributed by atoms with Crippen LogP contribution in [0, 0.1) is 11.8 Å². The number of hydrogen-bond acceptors (Lipinski definition) is 5. The number of hydrogen-bond donors (Lipinski definition) is 0. The average Bonchev–Trinajstić information content (AvgIpc) is 2.79. The molecule has 0 aromatic rings. The van der Waals surface area contributed by atoms with Crippen LogP contribution in [-0.2, 0) is 24.1 Å². The summed E-state index contributed by atoms with van der Waals surface area (Å²) in [6, 6.07) is 0. The second-order valence-corrected chi connectivity index (χ2v) is 8.56. The third-order valence-corrected chi connectivity index (χ3v) is 6.70. The van der Waals surface area contributed by atoms with Crippen LogP contribution in [-0.4, -0.2) is 51.1 Å². The number of ketones is 1. The third kappa shape index (κ3) is 2.92. The van der Waals surface area contributed by atoms with Gasteiger partial charge >= 0.3 is 0 Å². The van der Waals surface area contributed by atoms with Gasteiger partial charge in [-0.3, -0.25) is 4.79 Å². The molecule has 3 fully saturated rings. The zero-order valence-electron chi connectivity index (χ0n) is 11.7. The minimum Gasteiger partial charge on any atom is -0.381 e. The molecule has 3 saturated heterocycles. The maximum atomic E-state index is 12.6. The number of carbonyl (C=O) groups excluding carboxylic acids is 1. The summed E-state index contributed by atoms with van der Waals surface area (Å²) in [6.45, 7) is 1.99. The maximum absolute atomic E-state index is 12.6. The van der Waals surface area contributed by atoms with E-state index in [0.29, 0.717) is 26.2 Å². The highest BCUT2D eigenvalue weighted by Gasteiger charge is 2.44. The van der Waals surface area contributed by atoms with E-state index in [1.165, 1.54) is 0 Å². The summed E-state index contributed by atoms with van der Waals surface area (Å²) in [4.78, 5) is 12.6. The van der Waals surface area contributed by atoms with Crippen molar-refractivity contribution in [2.24, 2.45) is 11.8 Å². The smallest absolute Gasteiger partial charge is 0.151 e. The quantitative estimate of drug-likeness (QED) is 0.760. The van der Waals surface area contributed by atoms with E-state index in [9.17, 15) is 13.2 Å². The average molecular weight is 302 g/mol. The van der Waals surface area contributed by atoms with Crippen molar-refractivity contribution in [1.82, 2.24) is 0 Å². The summed E-state index contributed by atoms with van der Waals surface area (Å²) >= 11 is 0. The van der Waals surface area contributed by atoms with Gasteiger partial charge in [0, 0.05) is 31.7 Å². The van der Waals surface area contributed by atoms with Crippen LogP contribution in [0.5, 0.6) is 0 Å². The van der Waals surface area contributed by atoms with Crippen LogP contribution < -0.4 is 0 Å². The molecule has 6 heteroatoms. The Morgan fingerprint density at radius 2 is 1.80 bits per heavy atom. The molecule has 114 valence electrons. The molecule has 3 rings (SSSR count). The van der Waals surface area contributed by atoms with Crippen molar-refractivity contribution in [1.29, 1.82) is 0 Å². The third-order valence-electron chi connectivity index (χ3n) is 4.93. The Kier molecular flexibility index (Phi) is 3.90. The molecular formula is C14H22O5S. The molecular weight excluding hydrogens is 280 g/mol. The molecule has 0 aromatic carbocycles. The van der Waals surface area contributed by atoms with Gasteiger partial charge in [0.05, 0.1) is 17.1 Å². The Morgan fingerprint density at radius 3 is 2.45 bits per heavy atom. The first-order chi connectivity index (χ1) is 9.50. The first-order valence-electron chi connectivity index (χ1n) is 7.46. The van der Waals surface area contributed by atoms with E-state index in [4.69, 9.17) is 9.47 Å². The molecule has 0 saturated carbocycles. The van der Waals surface area contributed by atoms with Crippen LogP contribution in [0.25, 0.3) is 0 Å². The predicted octanol–water partition coefficient (Wildman–Crippen LogP) is 0.966. The van der Waals surface area contributed by atoms with E-state index in [-0.39, 0.29) is 34.7 Å². The maximum Gasteiger partial charge on any atom is 0.151 e. The lowest BCUT2D eigenvalue weighted by atomic mass is 9.76. The van der Waals surface area contributed by atoms with Crippen LogP contribution in [0.2, 0.25) is 0 Å². The van der Waals surface area contributed by atoms with Gasteiger partial charge in [-0.2, -0.15) is 0 Å². The lowest BCUT2D eigenvalue weighted by Crippen LogP contribution is -2.46. The van der Waals surface area contributed by atoms with Crippen molar-refractivity contribution >= 4 is 15.6 Å². The SMILES string of the molecule is O=C(C1CCOC2(CCOCC2)C1)C1CCS(=O)(=O)C1. The topological polar surface area (TPSA) is 69.7 Å². The highest BCUT2D eigenvalue weighted by Crippen LogP contribution is 2.39. The van der Waals surface area contributed by atoms with Gasteiger partial charge in [0.15, 0.2) is 9.84 Å². The molecule has 0 radical (unpaired) electrons. The highest BCUT2D eigenvalue weighted by molar-refractivity contribution is 7.91. The number of sulfone groups is 1. The zero-order valence-corrected chi connectivity index (χ0v) is 12.5. The van der Waals surface area contributed by atoms with Gasteiger partial charge in [0.1, 0.15) is 5.78 Å². The van der Waals surface area contributed by atoms with Crippen molar-refractivity contribution in [2.75, 3.05) is 31.3 Å². The summed E-state index contributed by atoms with van der Waals surface area (Å²) < 4.78 is 34.4. The van der Waals surface area contributed by atoms with Gasteiger partial charge < -0.3 is 9.47 Å². The van der Waals surface area contributed by atoms with E-state index in [1.54, 1.807) is 0 Å². The Bertz CT molecular complexity index is 472. The number of Topliss-reactive ketones (excluding diaryl/α,β-unsaturated/α-hetero) is 1. The molecule has 2 atom stereocenters. The molecule has 0 amide bonds. The minimum absolute atomic E-state index is 0.0276. The monoisotopic (exact) mass is 302 g/mol. The van der Waals surface area contributed by atoms with Crippen LogP contribution in [0.4, 0.5) is 0 Å². The molecule has 0 bridgehead atoms. The van der Waals surface area contributed by atoms with Gasteiger partial charge in [-0.25, -0.2) is 8.42 Å². The summed E-state index contributed by atoms with van der Waals surface area (Å²) in [5.41, 5.74) is -0.200. The fourth-order valence-electron chi connectivity index (χ4n) is 3.72. The molecule has 3 heterocycles. The van der Waals surface area contributed by atoms with Crippen molar-refractivity contribution in [3.8, 4) is 0 Å². The lowest BCUT2D eigenvalue weighted by molar-refractivity contribution is -0.158. The predicted molar refractivity (Wildman–Crippen MR) is 73.2 cm³/mol. The number of rotatable bonds is 2.